The van der Waals surface area contributed by atoms with E-state index in [4.69, 9.17) is 35.9 Å². The molecule has 2 aromatic carbocycles. The molecule has 0 spiro atoms. The highest BCUT2D eigenvalue weighted by molar-refractivity contribution is 6.09. The Hall–Kier alpha value is -7.96. The Balaban J connectivity index is 0.000000161. The summed E-state index contributed by atoms with van der Waals surface area (Å²) >= 11 is 0. The Morgan fingerprint density at radius 1 is 0.605 bits per heavy atom. The standard InChI is InChI=1S/C32H34N6O3.C31H34N6O3/c1-19-7-12-34-22(13-19)14-23(39)20-3-5-21(6-4-20)25-24-26(35-18-36-28(24)33)27(37-25)31-8-10-32(15-31,11-9-31)38-29(40)30(2)16-41-17-30;1-19-7-13-33-22(15-19)16-23(38)20-3-5-21(6-4-20)26-25-27(34-18-35-29(25)32)28(36-26)30-9-11-31(17-30,12-10-30)37-24(39)8-14-40-2/h3-7,12-13,18,25H,8-11,14-17H2,1-2H3,(H,38,40)(H2,33,35,36);3-7,13,15,18,26H,8-12,14,16-17H2,1-2H3,(H,37,39)(H2,32,34,35). The number of Topliss-reactive ketones (excluding diaryl/α,β-unsaturated/α-hetero) is 2. The molecule has 4 saturated carbocycles. The van der Waals surface area contributed by atoms with E-state index in [0.717, 1.165) is 132 Å². The van der Waals surface area contributed by atoms with Gasteiger partial charge in [-0.3, -0.25) is 39.1 Å². The molecule has 6 N–H and O–H groups in total. The highest BCUT2D eigenvalue weighted by Crippen LogP contribution is 2.61. The fourth-order valence-electron chi connectivity index (χ4n) is 14.0. The van der Waals surface area contributed by atoms with Crippen LogP contribution in [0.1, 0.15) is 167 Å². The lowest BCUT2D eigenvalue weighted by Gasteiger charge is -2.40. The van der Waals surface area contributed by atoms with Crippen LogP contribution in [0.25, 0.3) is 0 Å². The van der Waals surface area contributed by atoms with Gasteiger partial charge in [0.25, 0.3) is 0 Å². The maximum atomic E-state index is 13.1. The van der Waals surface area contributed by atoms with Crippen LogP contribution in [0.5, 0.6) is 0 Å². The van der Waals surface area contributed by atoms with E-state index in [0.29, 0.717) is 49.0 Å². The van der Waals surface area contributed by atoms with E-state index in [1.165, 1.54) is 12.7 Å². The number of nitrogens with two attached hydrogens (primary N) is 2. The second-order valence-electron chi connectivity index (χ2n) is 24.2. The van der Waals surface area contributed by atoms with Gasteiger partial charge >= 0.3 is 0 Å². The minimum atomic E-state index is -0.434. The fourth-order valence-corrected chi connectivity index (χ4v) is 14.0. The molecule has 4 aliphatic carbocycles. The number of nitrogens with zero attached hydrogens (tertiary/aromatic N) is 8. The van der Waals surface area contributed by atoms with Gasteiger partial charge in [-0.05, 0) is 131 Å². The van der Waals surface area contributed by atoms with Crippen molar-refractivity contribution in [2.24, 2.45) is 26.2 Å². The van der Waals surface area contributed by atoms with Crippen LogP contribution in [0.15, 0.2) is 108 Å². The molecule has 5 fully saturated rings. The topological polar surface area (TPSA) is 265 Å². The minimum Gasteiger partial charge on any atom is -0.384 e. The average Bonchev–Trinajstić information content (AvgIpc) is 4.40. The molecule has 1 saturated heterocycles. The molecule has 0 radical (unpaired) electrons. The van der Waals surface area contributed by atoms with Crippen molar-refractivity contribution < 1.29 is 28.7 Å². The van der Waals surface area contributed by atoms with Crippen LogP contribution in [-0.2, 0) is 31.9 Å². The van der Waals surface area contributed by atoms with E-state index < -0.39 is 5.41 Å². The van der Waals surface area contributed by atoms with Gasteiger partial charge < -0.3 is 31.6 Å². The molecule has 2 atom stereocenters. The lowest BCUT2D eigenvalue weighted by Crippen LogP contribution is -2.57. The zero-order chi connectivity index (χ0) is 56.3. The van der Waals surface area contributed by atoms with Crippen molar-refractivity contribution in [3.63, 3.8) is 0 Å². The number of amides is 2. The number of anilines is 2. The first-order valence-electron chi connectivity index (χ1n) is 28.2. The van der Waals surface area contributed by atoms with Gasteiger partial charge in [-0.15, -0.1) is 0 Å². The van der Waals surface area contributed by atoms with Gasteiger partial charge in [-0.1, -0.05) is 48.5 Å². The second kappa shape index (κ2) is 20.9. The van der Waals surface area contributed by atoms with E-state index in [1.807, 2.05) is 93.6 Å². The maximum absolute atomic E-state index is 13.1. The Labute approximate surface area is 470 Å². The highest BCUT2D eigenvalue weighted by atomic mass is 16.5. The van der Waals surface area contributed by atoms with Gasteiger partial charge in [0.05, 0.1) is 72.0 Å². The van der Waals surface area contributed by atoms with Crippen molar-refractivity contribution in [2.45, 2.75) is 127 Å². The van der Waals surface area contributed by atoms with Crippen LogP contribution in [0.2, 0.25) is 0 Å². The zero-order valence-electron chi connectivity index (χ0n) is 46.4. The molecule has 2 amide bonds. The lowest BCUT2D eigenvalue weighted by atomic mass is 9.78. The monoisotopic (exact) mass is 1090 g/mol. The highest BCUT2D eigenvalue weighted by Gasteiger charge is 2.61. The molecule has 2 unspecified atom stereocenters. The third-order valence-corrected chi connectivity index (χ3v) is 18.5. The predicted octanol–water partition coefficient (Wildman–Crippen LogP) is 7.87. The van der Waals surface area contributed by atoms with Crippen LogP contribution >= 0.6 is 0 Å². The fraction of sp³-hybridized carbons (Fsp3) is 0.429. The number of aryl methyl sites for hydroxylation is 2. The number of ether oxygens (including phenoxy) is 2. The summed E-state index contributed by atoms with van der Waals surface area (Å²) in [6.07, 6.45) is 16.5. The van der Waals surface area contributed by atoms with Crippen LogP contribution in [0, 0.1) is 30.1 Å². The van der Waals surface area contributed by atoms with Crippen molar-refractivity contribution in [1.82, 2.24) is 40.5 Å². The number of aliphatic imine (C=N–C) groups is 2. The summed E-state index contributed by atoms with van der Waals surface area (Å²) in [7, 11) is 1.61. The number of methoxy groups -OCH3 is 1. The number of ketones is 2. The number of pyridine rings is 2. The SMILES string of the molecule is COCCC(=O)NC12CCC(C3=NC(c4ccc(C(=O)Cc5cc(C)ccn5)cc4)c4c(N)ncnc43)(CC1)C2.Cc1ccnc(CC(=O)c2ccc(C3N=C(C45CCC(NC(=O)C6(C)COC6)(CC4)C5)c4ncnc(N)c43)cc2)c1. The molecule has 81 heavy (non-hydrogen) atoms. The van der Waals surface area contributed by atoms with Gasteiger partial charge in [0.1, 0.15) is 36.4 Å². The number of nitrogens with one attached hydrogen (secondary N) is 2. The summed E-state index contributed by atoms with van der Waals surface area (Å²) in [6.45, 7) is 7.32. The van der Waals surface area contributed by atoms with Crippen LogP contribution < -0.4 is 22.1 Å². The van der Waals surface area contributed by atoms with Gasteiger partial charge in [-0.25, -0.2) is 19.9 Å². The van der Waals surface area contributed by atoms with Crippen LogP contribution in [0.4, 0.5) is 11.6 Å². The van der Waals surface area contributed by atoms with Gasteiger partial charge in [-0.2, -0.15) is 0 Å². The van der Waals surface area contributed by atoms with E-state index in [2.05, 4.69) is 35.6 Å². The van der Waals surface area contributed by atoms with Gasteiger partial charge in [0.15, 0.2) is 11.6 Å². The van der Waals surface area contributed by atoms with Crippen LogP contribution in [-0.4, -0.2) is 103 Å². The van der Waals surface area contributed by atoms with E-state index in [9.17, 15) is 19.2 Å². The molecule has 6 aromatic rings. The quantitative estimate of drug-likeness (QED) is 0.0672. The van der Waals surface area contributed by atoms with E-state index >= 15 is 0 Å². The summed E-state index contributed by atoms with van der Waals surface area (Å²) in [4.78, 5) is 88.7. The summed E-state index contributed by atoms with van der Waals surface area (Å²) in [5.41, 5.74) is 23.7. The number of nitrogen functional groups attached to an aromatic ring is 2. The largest absolute Gasteiger partial charge is 0.384 e. The van der Waals surface area contributed by atoms with Crippen molar-refractivity contribution >= 4 is 46.4 Å². The van der Waals surface area contributed by atoms with E-state index in [1.54, 1.807) is 19.5 Å². The first-order chi connectivity index (χ1) is 39.0. The number of hydrogen-bond acceptors (Lipinski definition) is 16. The Kier molecular flexibility index (Phi) is 13.8. The number of fused-ring (bicyclic) bond motifs is 6. The molecular formula is C63H68N12O6. The van der Waals surface area contributed by atoms with Gasteiger partial charge in [0, 0.05) is 70.3 Å². The third kappa shape index (κ3) is 9.99. The molecule has 18 nitrogen and oxygen atoms in total. The summed E-state index contributed by atoms with van der Waals surface area (Å²) in [5, 5.41) is 6.74. The molecule has 4 bridgehead atoms. The predicted molar refractivity (Wildman–Crippen MR) is 305 cm³/mol. The number of carbonyl (C=O) groups is 4. The smallest absolute Gasteiger partial charge is 0.231 e. The lowest BCUT2D eigenvalue weighted by molar-refractivity contribution is -0.159. The molecule has 13 rings (SSSR count). The van der Waals surface area contributed by atoms with Crippen LogP contribution in [0.3, 0.4) is 0 Å². The number of rotatable bonds is 16. The zero-order valence-corrected chi connectivity index (χ0v) is 46.4. The first-order valence-corrected chi connectivity index (χ1v) is 28.2. The summed E-state index contributed by atoms with van der Waals surface area (Å²) in [6, 6.07) is 22.3. The Morgan fingerprint density at radius 3 is 1.46 bits per heavy atom. The van der Waals surface area contributed by atoms with Crippen molar-refractivity contribution in [1.29, 1.82) is 0 Å². The molecule has 7 heterocycles. The molecule has 416 valence electrons. The number of aromatic nitrogens is 6. The summed E-state index contributed by atoms with van der Waals surface area (Å²) in [5.74, 6) is 1.01. The molecule has 3 aliphatic heterocycles. The van der Waals surface area contributed by atoms with Crippen molar-refractivity contribution in [3.8, 4) is 0 Å². The van der Waals surface area contributed by atoms with Crippen molar-refractivity contribution in [2.75, 3.05) is 38.4 Å². The minimum absolute atomic E-state index is 0.0168. The second-order valence-corrected chi connectivity index (χ2v) is 24.2. The van der Waals surface area contributed by atoms with Crippen molar-refractivity contribution in [3.05, 3.63) is 165 Å². The summed E-state index contributed by atoms with van der Waals surface area (Å²) < 4.78 is 10.4. The van der Waals surface area contributed by atoms with Gasteiger partial charge in [0.2, 0.25) is 11.8 Å². The van der Waals surface area contributed by atoms with E-state index in [-0.39, 0.29) is 70.2 Å². The molecular weight excluding hydrogens is 1020 g/mol. The molecule has 7 aliphatic rings. The normalized spacial score (nSPS) is 25.9. The maximum Gasteiger partial charge on any atom is 0.231 e. The number of hydrogen-bond donors (Lipinski definition) is 4. The average molecular weight is 1090 g/mol. The molecule has 4 aromatic heterocycles. The Bertz CT molecular complexity index is 3540. The number of benzene rings is 2. The Morgan fingerprint density at radius 2 is 1.05 bits per heavy atom. The number of carbonyl (C=O) groups excluding carboxylic acids is 4. The third-order valence-electron chi connectivity index (χ3n) is 18.5. The first kappa shape index (κ1) is 53.7. The molecule has 18 heteroatoms.